The number of hydrogen-bond acceptors (Lipinski definition) is 8. The van der Waals surface area contributed by atoms with Crippen LogP contribution in [0.15, 0.2) is 43.0 Å². The highest BCUT2D eigenvalue weighted by Crippen LogP contribution is 2.53. The summed E-state index contributed by atoms with van der Waals surface area (Å²) < 4.78 is 47.6. The molecule has 13 heteroatoms. The van der Waals surface area contributed by atoms with Crippen molar-refractivity contribution in [2.45, 2.75) is 68.7 Å². The van der Waals surface area contributed by atoms with Gasteiger partial charge in [-0.15, -0.1) is 0 Å². The van der Waals surface area contributed by atoms with E-state index in [0.717, 1.165) is 43.1 Å². The number of halogens is 3. The zero-order valence-electron chi connectivity index (χ0n) is 24.2. The minimum absolute atomic E-state index is 0.0107. The van der Waals surface area contributed by atoms with E-state index in [9.17, 15) is 18.0 Å². The number of fused-ring (bicyclic) bond motifs is 1. The molecule has 0 atom stereocenters. The number of benzene rings is 1. The molecule has 1 aromatic carbocycles. The molecular formula is C31H29F3N8O2. The van der Waals surface area contributed by atoms with E-state index in [1.807, 2.05) is 17.0 Å². The van der Waals surface area contributed by atoms with Crippen LogP contribution in [0.2, 0.25) is 0 Å². The molecule has 1 amide bonds. The fourth-order valence-electron chi connectivity index (χ4n) is 6.22. The average molecular weight is 603 g/mol. The van der Waals surface area contributed by atoms with Crippen LogP contribution in [-0.2, 0) is 17.5 Å². The number of alkyl halides is 3. The highest BCUT2D eigenvalue weighted by atomic mass is 19.4. The maximum atomic E-state index is 13.6. The van der Waals surface area contributed by atoms with E-state index in [1.165, 1.54) is 6.33 Å². The molecule has 1 spiro atoms. The molecule has 0 N–H and O–H groups in total. The first-order valence-electron chi connectivity index (χ1n) is 14.8. The van der Waals surface area contributed by atoms with Crippen LogP contribution in [0.5, 0.6) is 5.88 Å². The van der Waals surface area contributed by atoms with Gasteiger partial charge in [0, 0.05) is 37.3 Å². The first-order valence-corrected chi connectivity index (χ1v) is 14.8. The van der Waals surface area contributed by atoms with Crippen molar-refractivity contribution in [3.05, 3.63) is 59.9 Å². The van der Waals surface area contributed by atoms with Crippen LogP contribution in [-0.4, -0.2) is 55.1 Å². The lowest BCUT2D eigenvalue weighted by Gasteiger charge is -2.41. The molecule has 226 valence electrons. The van der Waals surface area contributed by atoms with Gasteiger partial charge in [-0.2, -0.15) is 13.2 Å². The second-order valence-corrected chi connectivity index (χ2v) is 12.1. The van der Waals surface area contributed by atoms with Crippen LogP contribution in [0.3, 0.4) is 0 Å². The highest BCUT2D eigenvalue weighted by molar-refractivity contribution is 6.09. The predicted octanol–water partition coefficient (Wildman–Crippen LogP) is 5.55. The van der Waals surface area contributed by atoms with Crippen molar-refractivity contribution in [1.82, 2.24) is 29.5 Å². The van der Waals surface area contributed by atoms with Crippen LogP contribution >= 0.6 is 0 Å². The van der Waals surface area contributed by atoms with E-state index >= 15 is 0 Å². The number of amides is 1. The molecule has 8 rings (SSSR count). The van der Waals surface area contributed by atoms with Gasteiger partial charge in [0.2, 0.25) is 5.88 Å². The molecule has 4 heterocycles. The van der Waals surface area contributed by atoms with Crippen molar-refractivity contribution >= 4 is 17.4 Å². The minimum atomic E-state index is -4.51. The van der Waals surface area contributed by atoms with Crippen LogP contribution in [0.4, 0.5) is 24.7 Å². The van der Waals surface area contributed by atoms with Crippen molar-refractivity contribution in [3.8, 4) is 28.7 Å². The lowest BCUT2D eigenvalue weighted by Crippen LogP contribution is -2.54. The van der Waals surface area contributed by atoms with Gasteiger partial charge >= 0.3 is 6.18 Å². The Balaban J connectivity index is 1.16. The Morgan fingerprint density at radius 3 is 2.41 bits per heavy atom. The Bertz CT molecular complexity index is 1790. The Morgan fingerprint density at radius 2 is 1.77 bits per heavy atom. The summed E-state index contributed by atoms with van der Waals surface area (Å²) in [5.74, 6) is 2.08. The lowest BCUT2D eigenvalue weighted by molar-refractivity contribution is -0.140. The summed E-state index contributed by atoms with van der Waals surface area (Å²) in [4.78, 5) is 39.8. The molecule has 3 aromatic heterocycles. The molecule has 0 radical (unpaired) electrons. The predicted molar refractivity (Wildman–Crippen MR) is 154 cm³/mol. The van der Waals surface area contributed by atoms with Crippen molar-refractivity contribution in [1.29, 1.82) is 0 Å². The Kier molecular flexibility index (Phi) is 5.82. The summed E-state index contributed by atoms with van der Waals surface area (Å²) in [5.41, 5.74) is 2.03. The fourth-order valence-corrected chi connectivity index (χ4v) is 6.22. The second kappa shape index (κ2) is 9.47. The molecule has 4 aliphatic rings. The lowest BCUT2D eigenvalue weighted by atomic mass is 10.0. The minimum Gasteiger partial charge on any atom is -0.480 e. The SMILES string of the molecule is COc1ncnc(C2CC2)c1-c1ncc2c(n1)N(Cc1ccc(-c3nc(C(F)(F)F)cn3C3CC3)cc1)C1(CC1)C(=O)N2C. The number of ether oxygens (including phenoxy) is 1. The van der Waals surface area contributed by atoms with Gasteiger partial charge in [0.25, 0.3) is 5.91 Å². The largest absolute Gasteiger partial charge is 0.480 e. The number of rotatable bonds is 7. The third-order valence-corrected chi connectivity index (χ3v) is 9.05. The number of likely N-dealkylation sites (N-methyl/N-ethyl adjacent to an activating group) is 1. The number of anilines is 2. The van der Waals surface area contributed by atoms with E-state index in [-0.39, 0.29) is 11.9 Å². The number of hydrogen-bond donors (Lipinski definition) is 0. The molecule has 0 bridgehead atoms. The molecule has 1 aliphatic heterocycles. The average Bonchev–Trinajstić information content (AvgIpc) is 3.89. The van der Waals surface area contributed by atoms with Gasteiger partial charge in [0.05, 0.1) is 19.0 Å². The number of imidazole rings is 1. The molecule has 10 nitrogen and oxygen atoms in total. The summed E-state index contributed by atoms with van der Waals surface area (Å²) in [5, 5.41) is 0. The van der Waals surface area contributed by atoms with E-state index in [0.29, 0.717) is 65.5 Å². The molecular weight excluding hydrogens is 573 g/mol. The summed E-state index contributed by atoms with van der Waals surface area (Å²) in [7, 11) is 3.30. The third kappa shape index (κ3) is 4.31. The third-order valence-electron chi connectivity index (χ3n) is 9.05. The maximum Gasteiger partial charge on any atom is 0.434 e. The van der Waals surface area contributed by atoms with Gasteiger partial charge in [-0.25, -0.2) is 24.9 Å². The van der Waals surface area contributed by atoms with Crippen LogP contribution in [0.1, 0.15) is 67.4 Å². The second-order valence-electron chi connectivity index (χ2n) is 12.1. The number of methoxy groups -OCH3 is 1. The van der Waals surface area contributed by atoms with Crippen molar-refractivity contribution < 1.29 is 22.7 Å². The van der Waals surface area contributed by atoms with Crippen LogP contribution in [0.25, 0.3) is 22.8 Å². The summed E-state index contributed by atoms with van der Waals surface area (Å²) in [6.45, 7) is 0.381. The summed E-state index contributed by atoms with van der Waals surface area (Å²) in [6.07, 6.45) is 4.88. The Hall–Kier alpha value is -4.55. The molecule has 0 unspecified atom stereocenters. The first-order chi connectivity index (χ1) is 21.2. The standard InChI is InChI=1S/C31H29F3N8O2/c1-40-21-13-35-25(23-24(18-7-8-18)36-16-37-28(23)44-2)39-27(21)42(30(11-12-30)29(40)43)14-17-3-5-19(6-4-17)26-38-22(31(32,33)34)15-41(26)20-9-10-20/h3-6,13,15-16,18,20H,7-12,14H2,1-2H3. The van der Waals surface area contributed by atoms with Crippen LogP contribution in [0, 0.1) is 0 Å². The van der Waals surface area contributed by atoms with Crippen molar-refractivity contribution in [3.63, 3.8) is 0 Å². The maximum absolute atomic E-state index is 13.6. The molecule has 3 aliphatic carbocycles. The first kappa shape index (κ1) is 27.0. The van der Waals surface area contributed by atoms with Crippen molar-refractivity contribution in [2.24, 2.45) is 0 Å². The van der Waals surface area contributed by atoms with Crippen LogP contribution < -0.4 is 14.5 Å². The Labute approximate surface area is 250 Å². The van der Waals surface area contributed by atoms with Gasteiger partial charge in [-0.1, -0.05) is 24.3 Å². The van der Waals surface area contributed by atoms with Crippen molar-refractivity contribution in [2.75, 3.05) is 24.0 Å². The molecule has 0 saturated heterocycles. The molecule has 3 saturated carbocycles. The smallest absolute Gasteiger partial charge is 0.434 e. The zero-order valence-corrected chi connectivity index (χ0v) is 24.2. The quantitative estimate of drug-likeness (QED) is 0.271. The topological polar surface area (TPSA) is 102 Å². The van der Waals surface area contributed by atoms with E-state index in [2.05, 4.69) is 19.9 Å². The summed E-state index contributed by atoms with van der Waals surface area (Å²) >= 11 is 0. The number of nitrogens with zero attached hydrogens (tertiary/aromatic N) is 8. The monoisotopic (exact) mass is 602 g/mol. The number of carbonyl (C=O) groups is 1. The van der Waals surface area contributed by atoms with E-state index < -0.39 is 17.4 Å². The summed E-state index contributed by atoms with van der Waals surface area (Å²) in [6, 6.07) is 7.41. The number of carbonyl (C=O) groups excluding carboxylic acids is 1. The molecule has 44 heavy (non-hydrogen) atoms. The van der Waals surface area contributed by atoms with Gasteiger partial charge < -0.3 is 19.1 Å². The molecule has 3 fully saturated rings. The Morgan fingerprint density at radius 1 is 1.02 bits per heavy atom. The van der Waals surface area contributed by atoms with Gasteiger partial charge in [0.15, 0.2) is 17.3 Å². The van der Waals surface area contributed by atoms with Gasteiger partial charge in [-0.3, -0.25) is 4.79 Å². The van der Waals surface area contributed by atoms with Gasteiger partial charge in [0.1, 0.15) is 28.9 Å². The normalized spacial score (nSPS) is 19.0. The fraction of sp³-hybridized carbons (Fsp3) is 0.419. The van der Waals surface area contributed by atoms with Gasteiger partial charge in [-0.05, 0) is 44.1 Å². The van der Waals surface area contributed by atoms with E-state index in [1.54, 1.807) is 42.0 Å². The van der Waals surface area contributed by atoms with E-state index in [4.69, 9.17) is 9.72 Å². The zero-order chi connectivity index (χ0) is 30.4. The number of aromatic nitrogens is 6. The highest BCUT2D eigenvalue weighted by Gasteiger charge is 2.59. The molecule has 4 aromatic rings.